The zero-order valence-corrected chi connectivity index (χ0v) is 17.5. The van der Waals surface area contributed by atoms with Gasteiger partial charge in [-0.2, -0.15) is 0 Å². The van der Waals surface area contributed by atoms with Gasteiger partial charge in [0.15, 0.2) is 6.26 Å². The quantitative estimate of drug-likeness (QED) is 0.529. The van der Waals surface area contributed by atoms with E-state index >= 15 is 0 Å². The molecule has 3 aromatic rings. The first-order valence-corrected chi connectivity index (χ1v) is 10.4. The van der Waals surface area contributed by atoms with E-state index in [-0.39, 0.29) is 17.7 Å². The molecule has 0 saturated heterocycles. The zero-order chi connectivity index (χ0) is 22.5. The third-order valence-electron chi connectivity index (χ3n) is 4.98. The SMILES string of the molecule is Fc1cccc(CNc2ncccc2-c2nnc(N(C3=CC=CCC3)C3=COC=CO3)o2)c1. The van der Waals surface area contributed by atoms with E-state index in [2.05, 4.69) is 26.6 Å². The minimum atomic E-state index is -0.290. The summed E-state index contributed by atoms with van der Waals surface area (Å²) >= 11 is 0. The van der Waals surface area contributed by atoms with Crippen molar-refractivity contribution in [2.45, 2.75) is 19.4 Å². The van der Waals surface area contributed by atoms with Crippen molar-refractivity contribution >= 4 is 11.8 Å². The number of aromatic nitrogens is 3. The fraction of sp³-hybridized carbons (Fsp3) is 0.125. The van der Waals surface area contributed by atoms with E-state index in [1.807, 2.05) is 24.3 Å². The van der Waals surface area contributed by atoms with Crippen LogP contribution in [0.15, 0.2) is 95.6 Å². The van der Waals surface area contributed by atoms with Gasteiger partial charge in [-0.1, -0.05) is 29.4 Å². The van der Waals surface area contributed by atoms with Crippen LogP contribution in [0.25, 0.3) is 11.5 Å². The van der Waals surface area contributed by atoms with Crippen LogP contribution in [-0.2, 0) is 16.0 Å². The highest BCUT2D eigenvalue weighted by atomic mass is 19.1. The molecule has 2 aliphatic rings. The van der Waals surface area contributed by atoms with Crippen molar-refractivity contribution in [1.29, 1.82) is 0 Å². The molecule has 33 heavy (non-hydrogen) atoms. The molecule has 0 spiro atoms. The number of hydrogen-bond acceptors (Lipinski definition) is 8. The number of nitrogens with one attached hydrogen (secondary N) is 1. The smallest absolute Gasteiger partial charge is 0.330 e. The van der Waals surface area contributed by atoms with Gasteiger partial charge in [-0.15, -0.1) is 5.10 Å². The van der Waals surface area contributed by atoms with Gasteiger partial charge in [0.1, 0.15) is 24.2 Å². The van der Waals surface area contributed by atoms with Gasteiger partial charge in [0.2, 0.25) is 5.88 Å². The summed E-state index contributed by atoms with van der Waals surface area (Å²) in [5, 5.41) is 11.7. The summed E-state index contributed by atoms with van der Waals surface area (Å²) in [5.41, 5.74) is 2.34. The number of rotatable bonds is 7. The second kappa shape index (κ2) is 9.39. The Balaban J connectivity index is 1.43. The average molecular weight is 445 g/mol. The standard InChI is InChI=1S/C24H20FN5O3/c25-18-7-4-6-17(14-18)15-27-22-20(10-5-11-26-22)23-28-29-24(33-23)30(19-8-2-1-3-9-19)21-16-31-12-13-32-21/h1-2,4-8,10-14,16H,3,9,15H2,(H,26,27). The van der Waals surface area contributed by atoms with E-state index < -0.39 is 0 Å². The second-order valence-corrected chi connectivity index (χ2v) is 7.22. The molecule has 0 bridgehead atoms. The highest BCUT2D eigenvalue weighted by molar-refractivity contribution is 5.69. The van der Waals surface area contributed by atoms with Crippen LogP contribution >= 0.6 is 0 Å². The molecule has 0 radical (unpaired) electrons. The first kappa shape index (κ1) is 20.5. The summed E-state index contributed by atoms with van der Waals surface area (Å²) in [6.07, 6.45) is 13.7. The normalized spacial score (nSPS) is 14.7. The molecule has 1 aromatic carbocycles. The molecule has 1 N–H and O–H groups in total. The van der Waals surface area contributed by atoms with Crippen LogP contribution in [0.5, 0.6) is 0 Å². The number of halogens is 1. The van der Waals surface area contributed by atoms with Gasteiger partial charge >= 0.3 is 6.01 Å². The molecule has 0 fully saturated rings. The average Bonchev–Trinajstić information content (AvgIpc) is 3.34. The van der Waals surface area contributed by atoms with Crippen molar-refractivity contribution < 1.29 is 18.3 Å². The lowest BCUT2D eigenvalue weighted by Crippen LogP contribution is -2.24. The zero-order valence-electron chi connectivity index (χ0n) is 17.5. The summed E-state index contributed by atoms with van der Waals surface area (Å²) in [4.78, 5) is 6.12. The Labute approximate surface area is 189 Å². The molecule has 2 aromatic heterocycles. The molecule has 0 saturated carbocycles. The number of pyridine rings is 1. The van der Waals surface area contributed by atoms with Crippen molar-refractivity contribution in [1.82, 2.24) is 15.2 Å². The Hall–Kier alpha value is -4.40. The highest BCUT2D eigenvalue weighted by Gasteiger charge is 2.26. The van der Waals surface area contributed by atoms with Gasteiger partial charge in [-0.05, 0) is 48.7 Å². The number of ether oxygens (including phenoxy) is 2. The van der Waals surface area contributed by atoms with E-state index in [1.54, 1.807) is 23.2 Å². The lowest BCUT2D eigenvalue weighted by atomic mass is 10.1. The maximum atomic E-state index is 13.5. The number of benzene rings is 1. The summed E-state index contributed by atoms with van der Waals surface area (Å²) in [6.45, 7) is 0.387. The van der Waals surface area contributed by atoms with Crippen LogP contribution < -0.4 is 10.2 Å². The predicted molar refractivity (Wildman–Crippen MR) is 120 cm³/mol. The Morgan fingerprint density at radius 1 is 1.12 bits per heavy atom. The summed E-state index contributed by atoms with van der Waals surface area (Å²) in [6, 6.07) is 10.2. The fourth-order valence-electron chi connectivity index (χ4n) is 3.46. The van der Waals surface area contributed by atoms with Crippen molar-refractivity contribution in [3.8, 4) is 11.5 Å². The summed E-state index contributed by atoms with van der Waals surface area (Å²) < 4.78 is 30.4. The van der Waals surface area contributed by atoms with Crippen molar-refractivity contribution in [3.05, 3.63) is 103 Å². The molecule has 8 nitrogen and oxygen atoms in total. The van der Waals surface area contributed by atoms with Gasteiger partial charge in [-0.25, -0.2) is 14.3 Å². The Morgan fingerprint density at radius 3 is 2.91 bits per heavy atom. The lowest BCUT2D eigenvalue weighted by molar-refractivity contribution is 0.247. The van der Waals surface area contributed by atoms with Crippen LogP contribution in [0.3, 0.4) is 0 Å². The molecular formula is C24H20FN5O3. The van der Waals surface area contributed by atoms with Gasteiger partial charge in [0.25, 0.3) is 5.89 Å². The monoisotopic (exact) mass is 445 g/mol. The van der Waals surface area contributed by atoms with Crippen molar-refractivity contribution in [3.63, 3.8) is 0 Å². The Kier molecular flexibility index (Phi) is 5.83. The largest absolute Gasteiger partial charge is 0.464 e. The molecule has 0 atom stereocenters. The third-order valence-corrected chi connectivity index (χ3v) is 4.98. The van der Waals surface area contributed by atoms with Crippen LogP contribution in [0.4, 0.5) is 16.2 Å². The van der Waals surface area contributed by atoms with Gasteiger partial charge < -0.3 is 19.2 Å². The van der Waals surface area contributed by atoms with E-state index in [0.29, 0.717) is 23.8 Å². The molecular weight excluding hydrogens is 425 g/mol. The van der Waals surface area contributed by atoms with E-state index in [9.17, 15) is 4.39 Å². The first-order chi connectivity index (χ1) is 16.3. The Bertz CT molecular complexity index is 1260. The topological polar surface area (TPSA) is 85.5 Å². The summed E-state index contributed by atoms with van der Waals surface area (Å²) in [5.74, 6) is 0.944. The molecule has 166 valence electrons. The van der Waals surface area contributed by atoms with Crippen molar-refractivity contribution in [2.24, 2.45) is 0 Å². The number of allylic oxidation sites excluding steroid dienone is 4. The van der Waals surface area contributed by atoms with Gasteiger partial charge in [0.05, 0.1) is 5.56 Å². The maximum Gasteiger partial charge on any atom is 0.330 e. The molecule has 0 amide bonds. The highest BCUT2D eigenvalue weighted by Crippen LogP contribution is 2.33. The van der Waals surface area contributed by atoms with Crippen LogP contribution in [0.1, 0.15) is 18.4 Å². The second-order valence-electron chi connectivity index (χ2n) is 7.22. The first-order valence-electron chi connectivity index (χ1n) is 10.4. The molecule has 0 unspecified atom stereocenters. The molecule has 1 aliphatic carbocycles. The number of hydrogen-bond donors (Lipinski definition) is 1. The number of nitrogens with zero attached hydrogens (tertiary/aromatic N) is 4. The molecule has 9 heteroatoms. The maximum absolute atomic E-state index is 13.5. The number of anilines is 2. The molecule has 3 heterocycles. The van der Waals surface area contributed by atoms with Crippen LogP contribution in [0.2, 0.25) is 0 Å². The minimum absolute atomic E-state index is 0.233. The minimum Gasteiger partial charge on any atom is -0.464 e. The van der Waals surface area contributed by atoms with E-state index in [4.69, 9.17) is 13.9 Å². The van der Waals surface area contributed by atoms with E-state index in [0.717, 1.165) is 24.1 Å². The lowest BCUT2D eigenvalue weighted by Gasteiger charge is -2.25. The third kappa shape index (κ3) is 4.62. The van der Waals surface area contributed by atoms with Crippen LogP contribution in [0, 0.1) is 5.82 Å². The van der Waals surface area contributed by atoms with Crippen molar-refractivity contribution in [2.75, 3.05) is 10.2 Å². The Morgan fingerprint density at radius 2 is 2.09 bits per heavy atom. The predicted octanol–water partition coefficient (Wildman–Crippen LogP) is 5.24. The van der Waals surface area contributed by atoms with Gasteiger partial charge in [-0.3, -0.25) is 0 Å². The van der Waals surface area contributed by atoms with E-state index in [1.165, 1.54) is 30.9 Å². The fourth-order valence-corrected chi connectivity index (χ4v) is 3.46. The summed E-state index contributed by atoms with van der Waals surface area (Å²) in [7, 11) is 0. The van der Waals surface area contributed by atoms with Crippen LogP contribution in [-0.4, -0.2) is 15.2 Å². The molecule has 5 rings (SSSR count). The molecule has 1 aliphatic heterocycles. The van der Waals surface area contributed by atoms with Gasteiger partial charge in [0, 0.05) is 18.4 Å².